The Bertz CT molecular complexity index is 536. The summed E-state index contributed by atoms with van der Waals surface area (Å²) in [6, 6.07) is 3.52. The molecule has 1 aromatic carbocycles. The zero-order valence-corrected chi connectivity index (χ0v) is 10.7. The summed E-state index contributed by atoms with van der Waals surface area (Å²) < 4.78 is 25.8. The van der Waals surface area contributed by atoms with Crippen LogP contribution in [0, 0.1) is 13.8 Å². The number of rotatable bonds is 4. The quantitative estimate of drug-likeness (QED) is 0.844. The average molecular weight is 257 g/mol. The van der Waals surface area contributed by atoms with Gasteiger partial charge in [0.15, 0.2) is 0 Å². The second-order valence-corrected chi connectivity index (χ2v) is 5.64. The third kappa shape index (κ3) is 3.28. The Morgan fingerprint density at radius 3 is 2.35 bits per heavy atom. The fraction of sp³-hybridized carbons (Fsp3) is 0.364. The van der Waals surface area contributed by atoms with Crippen LogP contribution in [0.1, 0.15) is 18.1 Å². The molecule has 1 unspecified atom stereocenters. The van der Waals surface area contributed by atoms with E-state index in [1.165, 1.54) is 19.1 Å². The number of sulfonamides is 1. The molecular formula is C11H15NO4S. The zero-order valence-electron chi connectivity index (χ0n) is 9.89. The number of nitrogens with one attached hydrogen (secondary N) is 1. The first kappa shape index (κ1) is 13.7. The number of aryl methyl sites for hydroxylation is 2. The third-order valence-corrected chi connectivity index (χ3v) is 4.03. The van der Waals surface area contributed by atoms with Crippen molar-refractivity contribution in [2.45, 2.75) is 31.7 Å². The number of carboxylic acid groups (broad SMARTS) is 1. The van der Waals surface area contributed by atoms with Crippen LogP contribution in [0.4, 0.5) is 0 Å². The van der Waals surface area contributed by atoms with Crippen LogP contribution in [0.25, 0.3) is 0 Å². The molecule has 2 N–H and O–H groups in total. The van der Waals surface area contributed by atoms with Gasteiger partial charge in [0, 0.05) is 0 Å². The molecule has 0 saturated carbocycles. The molecule has 17 heavy (non-hydrogen) atoms. The molecule has 94 valence electrons. The van der Waals surface area contributed by atoms with E-state index in [2.05, 4.69) is 4.72 Å². The van der Waals surface area contributed by atoms with E-state index in [1.54, 1.807) is 13.0 Å². The largest absolute Gasteiger partial charge is 0.480 e. The van der Waals surface area contributed by atoms with Crippen LogP contribution in [0.3, 0.4) is 0 Å². The van der Waals surface area contributed by atoms with Crippen LogP contribution < -0.4 is 4.72 Å². The summed E-state index contributed by atoms with van der Waals surface area (Å²) in [5, 5.41) is 8.66. The molecule has 1 atom stereocenters. The van der Waals surface area contributed by atoms with E-state index in [1.807, 2.05) is 6.92 Å². The van der Waals surface area contributed by atoms with Gasteiger partial charge in [-0.3, -0.25) is 4.79 Å². The topological polar surface area (TPSA) is 83.5 Å². The van der Waals surface area contributed by atoms with Gasteiger partial charge in [0.25, 0.3) is 0 Å². The molecule has 6 heteroatoms. The van der Waals surface area contributed by atoms with Crippen LogP contribution in [0.15, 0.2) is 23.1 Å². The van der Waals surface area contributed by atoms with Gasteiger partial charge in [-0.15, -0.1) is 0 Å². The van der Waals surface area contributed by atoms with E-state index in [0.717, 1.165) is 11.1 Å². The highest BCUT2D eigenvalue weighted by molar-refractivity contribution is 7.89. The fourth-order valence-corrected chi connectivity index (χ4v) is 2.51. The van der Waals surface area contributed by atoms with Gasteiger partial charge in [0.05, 0.1) is 4.90 Å². The highest BCUT2D eigenvalue weighted by Gasteiger charge is 2.21. The second kappa shape index (κ2) is 4.85. The summed E-state index contributed by atoms with van der Waals surface area (Å²) in [7, 11) is -3.77. The minimum Gasteiger partial charge on any atom is -0.480 e. The number of hydrogen-bond donors (Lipinski definition) is 2. The van der Waals surface area contributed by atoms with Gasteiger partial charge >= 0.3 is 5.97 Å². The number of carboxylic acids is 1. The van der Waals surface area contributed by atoms with E-state index in [0.29, 0.717) is 0 Å². The lowest BCUT2D eigenvalue weighted by Gasteiger charge is -2.11. The average Bonchev–Trinajstić information content (AvgIpc) is 2.21. The van der Waals surface area contributed by atoms with Gasteiger partial charge in [-0.2, -0.15) is 4.72 Å². The highest BCUT2D eigenvalue weighted by atomic mass is 32.2. The van der Waals surface area contributed by atoms with Crippen molar-refractivity contribution >= 4 is 16.0 Å². The molecule has 0 radical (unpaired) electrons. The molecule has 1 rings (SSSR count). The lowest BCUT2D eigenvalue weighted by atomic mass is 10.1. The van der Waals surface area contributed by atoms with E-state index >= 15 is 0 Å². The van der Waals surface area contributed by atoms with Gasteiger partial charge in [-0.05, 0) is 44.0 Å². The number of hydrogen-bond acceptors (Lipinski definition) is 3. The van der Waals surface area contributed by atoms with Gasteiger partial charge in [-0.25, -0.2) is 8.42 Å². The predicted molar refractivity (Wildman–Crippen MR) is 63.3 cm³/mol. The Labute approximate surface area is 101 Å². The Hall–Kier alpha value is -1.40. The van der Waals surface area contributed by atoms with E-state index < -0.39 is 22.0 Å². The molecule has 0 heterocycles. The maximum atomic E-state index is 11.8. The van der Waals surface area contributed by atoms with Crippen LogP contribution in [-0.4, -0.2) is 25.5 Å². The molecule has 0 aliphatic heterocycles. The summed E-state index contributed by atoms with van der Waals surface area (Å²) in [4.78, 5) is 10.7. The first-order valence-electron chi connectivity index (χ1n) is 5.06. The van der Waals surface area contributed by atoms with Crippen molar-refractivity contribution in [1.82, 2.24) is 4.72 Å². The van der Waals surface area contributed by atoms with E-state index in [4.69, 9.17) is 5.11 Å². The normalized spacial score (nSPS) is 13.4. The molecule has 1 aromatic rings. The Morgan fingerprint density at radius 1 is 1.29 bits per heavy atom. The summed E-state index contributed by atoms with van der Waals surface area (Å²) in [5.74, 6) is -1.21. The van der Waals surface area contributed by atoms with Crippen molar-refractivity contribution in [3.05, 3.63) is 29.3 Å². The molecule has 0 amide bonds. The predicted octanol–water partition coefficient (Wildman–Crippen LogP) is 1.05. The van der Waals surface area contributed by atoms with Crippen LogP contribution in [0.5, 0.6) is 0 Å². The van der Waals surface area contributed by atoms with Crippen LogP contribution in [0.2, 0.25) is 0 Å². The summed E-state index contributed by atoms with van der Waals surface area (Å²) in [6.45, 7) is 4.95. The smallest absolute Gasteiger partial charge is 0.321 e. The lowest BCUT2D eigenvalue weighted by molar-refractivity contribution is -0.138. The minimum absolute atomic E-state index is 0.0775. The molecule has 0 spiro atoms. The number of carbonyl (C=O) groups is 1. The van der Waals surface area contributed by atoms with E-state index in [-0.39, 0.29) is 4.90 Å². The summed E-state index contributed by atoms with van der Waals surface area (Å²) >= 11 is 0. The molecule has 0 aliphatic rings. The lowest BCUT2D eigenvalue weighted by Crippen LogP contribution is -2.38. The van der Waals surface area contributed by atoms with Crippen molar-refractivity contribution in [3.63, 3.8) is 0 Å². The monoisotopic (exact) mass is 257 g/mol. The number of aliphatic carboxylic acids is 1. The molecule has 0 bridgehead atoms. The van der Waals surface area contributed by atoms with Crippen molar-refractivity contribution in [2.24, 2.45) is 0 Å². The van der Waals surface area contributed by atoms with Crippen molar-refractivity contribution in [3.8, 4) is 0 Å². The van der Waals surface area contributed by atoms with Crippen molar-refractivity contribution in [1.29, 1.82) is 0 Å². The second-order valence-electron chi connectivity index (χ2n) is 3.93. The molecular weight excluding hydrogens is 242 g/mol. The van der Waals surface area contributed by atoms with E-state index in [9.17, 15) is 13.2 Å². The summed E-state index contributed by atoms with van der Waals surface area (Å²) in [5.41, 5.74) is 1.83. The minimum atomic E-state index is -3.77. The number of benzene rings is 1. The first-order chi connectivity index (χ1) is 7.74. The zero-order chi connectivity index (χ0) is 13.2. The van der Waals surface area contributed by atoms with Gasteiger partial charge in [0.2, 0.25) is 10.0 Å². The fourth-order valence-electron chi connectivity index (χ4n) is 1.23. The molecule has 5 nitrogen and oxygen atoms in total. The molecule has 0 saturated heterocycles. The molecule has 0 aromatic heterocycles. The molecule has 0 aliphatic carbocycles. The van der Waals surface area contributed by atoms with Crippen molar-refractivity contribution < 1.29 is 18.3 Å². The Morgan fingerprint density at radius 2 is 1.88 bits per heavy atom. The molecule has 0 fully saturated rings. The maximum Gasteiger partial charge on any atom is 0.321 e. The van der Waals surface area contributed by atoms with Gasteiger partial charge in [0.1, 0.15) is 6.04 Å². The van der Waals surface area contributed by atoms with Gasteiger partial charge < -0.3 is 5.11 Å². The van der Waals surface area contributed by atoms with Crippen LogP contribution in [-0.2, 0) is 14.8 Å². The Balaban J connectivity index is 3.05. The van der Waals surface area contributed by atoms with Crippen LogP contribution >= 0.6 is 0 Å². The van der Waals surface area contributed by atoms with Gasteiger partial charge in [-0.1, -0.05) is 6.07 Å². The Kier molecular flexibility index (Phi) is 3.90. The van der Waals surface area contributed by atoms with Crippen molar-refractivity contribution in [2.75, 3.05) is 0 Å². The standard InChI is InChI=1S/C11H15NO4S/c1-7-4-5-10(6-8(7)2)17(15,16)12-9(3)11(13)14/h4-6,9,12H,1-3H3,(H,13,14). The SMILES string of the molecule is Cc1ccc(S(=O)(=O)NC(C)C(=O)O)cc1C. The third-order valence-electron chi connectivity index (χ3n) is 2.49. The maximum absolute atomic E-state index is 11.8. The first-order valence-corrected chi connectivity index (χ1v) is 6.55. The highest BCUT2D eigenvalue weighted by Crippen LogP contribution is 2.14. The summed E-state index contributed by atoms with van der Waals surface area (Å²) in [6.07, 6.45) is 0.